The molecule has 2 aromatic rings. The Balaban J connectivity index is 1.24. The highest BCUT2D eigenvalue weighted by Crippen LogP contribution is 2.23. The zero-order chi connectivity index (χ0) is 33.0. The number of urea groups is 1. The molecule has 0 bridgehead atoms. The number of nitrogens with one attached hydrogen (secondary N) is 3. The minimum absolute atomic E-state index is 0.0945. The summed E-state index contributed by atoms with van der Waals surface area (Å²) in [6.45, 7) is 1.25. The molecule has 3 heterocycles. The quantitative estimate of drug-likeness (QED) is 0.415. The molecule has 2 atom stereocenters. The molecule has 5 rings (SSSR count). The topological polar surface area (TPSA) is 159 Å². The fourth-order valence-corrected chi connectivity index (χ4v) is 6.06. The number of nitrogens with zero attached hydrogens (tertiary/aromatic N) is 3. The number of fused-ring (bicyclic) bond motifs is 1. The zero-order valence-corrected chi connectivity index (χ0v) is 26.3. The lowest BCUT2D eigenvalue weighted by molar-refractivity contribution is -0.149. The number of para-hydroxylation sites is 2. The Morgan fingerprint density at radius 3 is 2.28 bits per heavy atom. The Kier molecular flexibility index (Phi) is 12.0. The van der Waals surface area contributed by atoms with Gasteiger partial charge in [0.15, 0.2) is 6.61 Å². The van der Waals surface area contributed by atoms with Crippen molar-refractivity contribution in [2.75, 3.05) is 71.1 Å². The molecule has 3 saturated heterocycles. The molecular formula is C33H42N6O8. The summed E-state index contributed by atoms with van der Waals surface area (Å²) >= 11 is 0. The highest BCUT2D eigenvalue weighted by atomic mass is 16.5. The van der Waals surface area contributed by atoms with Gasteiger partial charge in [-0.25, -0.2) is 4.79 Å². The van der Waals surface area contributed by atoms with Crippen molar-refractivity contribution in [3.05, 3.63) is 60.7 Å². The molecule has 47 heavy (non-hydrogen) atoms. The van der Waals surface area contributed by atoms with Gasteiger partial charge >= 0.3 is 6.03 Å². The van der Waals surface area contributed by atoms with Gasteiger partial charge in [-0.15, -0.1) is 0 Å². The fourth-order valence-electron chi connectivity index (χ4n) is 6.06. The van der Waals surface area contributed by atoms with E-state index in [9.17, 15) is 24.0 Å². The summed E-state index contributed by atoms with van der Waals surface area (Å²) in [4.78, 5) is 71.1. The first kappa shape index (κ1) is 33.7. The number of amides is 6. The van der Waals surface area contributed by atoms with Gasteiger partial charge in [0, 0.05) is 37.9 Å². The molecule has 3 aliphatic heterocycles. The SMILES string of the molecule is O=C(Nc1ccccc1)N[C@@H]1CCN2C(=O)CN(C3CCN(C(=O)COc4ccccc4)CC3)C(=O)COCCOCCNC(=O)[C@H]12. The fraction of sp³-hybridized carbons (Fsp3) is 0.485. The second-order valence-corrected chi connectivity index (χ2v) is 11.6. The van der Waals surface area contributed by atoms with Crippen LogP contribution in [0.4, 0.5) is 10.5 Å². The van der Waals surface area contributed by atoms with Gasteiger partial charge in [-0.3, -0.25) is 19.2 Å². The lowest BCUT2D eigenvalue weighted by Crippen LogP contribution is -2.58. The predicted molar refractivity (Wildman–Crippen MR) is 170 cm³/mol. The van der Waals surface area contributed by atoms with Crippen molar-refractivity contribution in [1.82, 2.24) is 25.3 Å². The Bertz CT molecular complexity index is 1370. The van der Waals surface area contributed by atoms with Gasteiger partial charge in [0.1, 0.15) is 24.9 Å². The van der Waals surface area contributed by atoms with Crippen LogP contribution < -0.4 is 20.7 Å². The van der Waals surface area contributed by atoms with E-state index >= 15 is 0 Å². The second kappa shape index (κ2) is 16.7. The van der Waals surface area contributed by atoms with E-state index in [1.54, 1.807) is 41.3 Å². The number of carbonyl (C=O) groups excluding carboxylic acids is 5. The molecular weight excluding hydrogens is 608 g/mol. The molecule has 2 aromatic carbocycles. The summed E-state index contributed by atoms with van der Waals surface area (Å²) in [5.41, 5.74) is 0.590. The summed E-state index contributed by atoms with van der Waals surface area (Å²) in [5, 5.41) is 8.43. The molecule has 3 N–H and O–H groups in total. The van der Waals surface area contributed by atoms with Crippen LogP contribution in [0.3, 0.4) is 0 Å². The Hall–Kier alpha value is -4.69. The van der Waals surface area contributed by atoms with Crippen LogP contribution in [0.1, 0.15) is 19.3 Å². The molecule has 3 fully saturated rings. The number of benzene rings is 2. The Labute approximate surface area is 273 Å². The first-order chi connectivity index (χ1) is 22.9. The average molecular weight is 651 g/mol. The van der Waals surface area contributed by atoms with Crippen molar-refractivity contribution in [2.45, 2.75) is 37.4 Å². The molecule has 6 amide bonds. The summed E-state index contributed by atoms with van der Waals surface area (Å²) in [6.07, 6.45) is 1.28. The summed E-state index contributed by atoms with van der Waals surface area (Å²) in [6, 6.07) is 15.6. The molecule has 0 radical (unpaired) electrons. The van der Waals surface area contributed by atoms with Gasteiger partial charge in [-0.1, -0.05) is 36.4 Å². The van der Waals surface area contributed by atoms with Crippen molar-refractivity contribution in [1.29, 1.82) is 0 Å². The number of hydrogen-bond donors (Lipinski definition) is 3. The minimum Gasteiger partial charge on any atom is -0.484 e. The molecule has 0 aliphatic carbocycles. The average Bonchev–Trinajstić information content (AvgIpc) is 3.51. The van der Waals surface area contributed by atoms with E-state index in [4.69, 9.17) is 14.2 Å². The summed E-state index contributed by atoms with van der Waals surface area (Å²) < 4.78 is 16.7. The maximum atomic E-state index is 13.9. The number of hydrogen-bond acceptors (Lipinski definition) is 8. The third-order valence-corrected chi connectivity index (χ3v) is 8.47. The van der Waals surface area contributed by atoms with Crippen molar-refractivity contribution in [3.8, 4) is 5.75 Å². The van der Waals surface area contributed by atoms with Gasteiger partial charge in [0.05, 0.1) is 25.9 Å². The Morgan fingerprint density at radius 1 is 0.830 bits per heavy atom. The van der Waals surface area contributed by atoms with Crippen LogP contribution in [-0.4, -0.2) is 128 Å². The van der Waals surface area contributed by atoms with E-state index in [-0.39, 0.29) is 70.5 Å². The number of anilines is 1. The third kappa shape index (κ3) is 9.42. The normalized spacial score (nSPS) is 22.0. The van der Waals surface area contributed by atoms with Crippen molar-refractivity contribution in [2.24, 2.45) is 0 Å². The predicted octanol–water partition coefficient (Wildman–Crippen LogP) is 0.839. The van der Waals surface area contributed by atoms with Crippen LogP contribution in [0.25, 0.3) is 0 Å². The largest absolute Gasteiger partial charge is 0.484 e. The van der Waals surface area contributed by atoms with Crippen LogP contribution in [0.15, 0.2) is 60.7 Å². The maximum Gasteiger partial charge on any atom is 0.319 e. The second-order valence-electron chi connectivity index (χ2n) is 11.6. The number of ether oxygens (including phenoxy) is 3. The van der Waals surface area contributed by atoms with Gasteiger partial charge < -0.3 is 44.9 Å². The smallest absolute Gasteiger partial charge is 0.319 e. The molecule has 0 saturated carbocycles. The zero-order valence-electron chi connectivity index (χ0n) is 26.3. The van der Waals surface area contributed by atoms with Crippen LogP contribution in [-0.2, 0) is 28.7 Å². The van der Waals surface area contributed by atoms with Crippen molar-refractivity contribution >= 4 is 35.3 Å². The standard InChI is InChI=1S/C33H42N6O8/c40-28-21-39(25-11-15-37(16-12-25)29(41)23-47-26-9-5-2-6-10-26)30(42)22-46-20-19-45-18-14-34-32(43)31-27(13-17-38(28)31)36-33(44)35-24-7-3-1-4-8-24/h1-10,25,27,31H,11-23H2,(H,34,43)(H2,35,36,44)/t27-,31+/m1/s1. The molecule has 14 heteroatoms. The van der Waals surface area contributed by atoms with Gasteiger partial charge in [0.25, 0.3) is 5.91 Å². The first-order valence-corrected chi connectivity index (χ1v) is 16.0. The van der Waals surface area contributed by atoms with Gasteiger partial charge in [-0.2, -0.15) is 0 Å². The van der Waals surface area contributed by atoms with E-state index in [0.29, 0.717) is 43.8 Å². The number of piperidine rings is 1. The summed E-state index contributed by atoms with van der Waals surface area (Å²) in [7, 11) is 0. The van der Waals surface area contributed by atoms with E-state index in [1.807, 2.05) is 24.3 Å². The van der Waals surface area contributed by atoms with Gasteiger partial charge in [0.2, 0.25) is 17.7 Å². The monoisotopic (exact) mass is 650 g/mol. The first-order valence-electron chi connectivity index (χ1n) is 16.0. The number of likely N-dealkylation sites (tertiary alicyclic amines) is 1. The lowest BCUT2D eigenvalue weighted by atomic mass is 10.0. The maximum absolute atomic E-state index is 13.9. The molecule has 0 spiro atoms. The van der Waals surface area contributed by atoms with E-state index in [0.717, 1.165) is 0 Å². The highest BCUT2D eigenvalue weighted by Gasteiger charge is 2.43. The molecule has 0 aromatic heterocycles. The van der Waals surface area contributed by atoms with E-state index < -0.39 is 29.9 Å². The molecule has 3 aliphatic rings. The van der Waals surface area contributed by atoms with Gasteiger partial charge in [-0.05, 0) is 43.5 Å². The van der Waals surface area contributed by atoms with E-state index in [2.05, 4.69) is 16.0 Å². The van der Waals surface area contributed by atoms with Crippen LogP contribution >= 0.6 is 0 Å². The number of carbonyl (C=O) groups is 5. The minimum atomic E-state index is -0.980. The lowest BCUT2D eigenvalue weighted by Gasteiger charge is -2.39. The van der Waals surface area contributed by atoms with Crippen molar-refractivity contribution < 1.29 is 38.2 Å². The van der Waals surface area contributed by atoms with E-state index in [1.165, 1.54) is 9.80 Å². The molecule has 252 valence electrons. The molecule has 14 nitrogen and oxygen atoms in total. The molecule has 0 unspecified atom stereocenters. The highest BCUT2D eigenvalue weighted by molar-refractivity contribution is 5.94. The summed E-state index contributed by atoms with van der Waals surface area (Å²) in [5.74, 6) is -0.737. The third-order valence-electron chi connectivity index (χ3n) is 8.47. The van der Waals surface area contributed by atoms with Crippen LogP contribution in [0.5, 0.6) is 5.75 Å². The van der Waals surface area contributed by atoms with Crippen LogP contribution in [0, 0.1) is 0 Å². The number of rotatable bonds is 6. The Morgan fingerprint density at radius 2 is 1.53 bits per heavy atom. The van der Waals surface area contributed by atoms with Crippen molar-refractivity contribution in [3.63, 3.8) is 0 Å². The van der Waals surface area contributed by atoms with Crippen LogP contribution in [0.2, 0.25) is 0 Å².